The molecule has 1 aliphatic rings. The Balaban J connectivity index is 2.17. The number of nitriles is 1. The van der Waals surface area contributed by atoms with E-state index >= 15 is 0 Å². The number of rotatable bonds is 4. The molecule has 2 rings (SSSR count). The van der Waals surface area contributed by atoms with Gasteiger partial charge in [-0.1, -0.05) is 6.92 Å². The molecule has 0 bridgehead atoms. The van der Waals surface area contributed by atoms with E-state index in [2.05, 4.69) is 0 Å². The van der Waals surface area contributed by atoms with Crippen molar-refractivity contribution in [1.29, 1.82) is 5.26 Å². The second-order valence-electron chi connectivity index (χ2n) is 4.93. The number of hydrogen-bond donors (Lipinski definition) is 0. The molecule has 0 spiro atoms. The number of Topliss-reactive ketones (excluding diaryl/α,β-unsaturated/α-hetero) is 1. The molecule has 2 heterocycles. The molecular formula is C15H18N2O2S2. The highest BCUT2D eigenvalue weighted by Crippen LogP contribution is 2.25. The Labute approximate surface area is 133 Å². The van der Waals surface area contributed by atoms with Gasteiger partial charge in [-0.15, -0.1) is 11.3 Å². The first-order valence-corrected chi connectivity index (χ1v) is 8.95. The van der Waals surface area contributed by atoms with Crippen molar-refractivity contribution in [3.63, 3.8) is 0 Å². The van der Waals surface area contributed by atoms with Crippen LogP contribution in [0.5, 0.6) is 0 Å². The average Bonchev–Trinajstić information content (AvgIpc) is 2.89. The van der Waals surface area contributed by atoms with Crippen molar-refractivity contribution in [2.45, 2.75) is 20.3 Å². The van der Waals surface area contributed by atoms with E-state index in [1.54, 1.807) is 22.7 Å². The van der Waals surface area contributed by atoms with Crippen molar-refractivity contribution in [2.75, 3.05) is 24.6 Å². The number of thiophene rings is 1. The largest absolute Gasteiger partial charge is 0.339 e. The lowest BCUT2D eigenvalue weighted by Gasteiger charge is -2.27. The Morgan fingerprint density at radius 1 is 1.43 bits per heavy atom. The van der Waals surface area contributed by atoms with E-state index in [0.717, 1.165) is 28.4 Å². The molecule has 0 unspecified atom stereocenters. The first-order valence-electron chi connectivity index (χ1n) is 6.98. The van der Waals surface area contributed by atoms with E-state index in [-0.39, 0.29) is 11.7 Å². The Hall–Kier alpha value is -1.32. The topological polar surface area (TPSA) is 61.2 Å². The van der Waals surface area contributed by atoms with E-state index in [1.165, 1.54) is 11.3 Å². The maximum Gasteiger partial charge on any atom is 0.248 e. The van der Waals surface area contributed by atoms with Gasteiger partial charge in [-0.05, 0) is 25.0 Å². The molecule has 6 heteroatoms. The maximum atomic E-state index is 12.5. The molecule has 0 radical (unpaired) electrons. The van der Waals surface area contributed by atoms with E-state index in [0.29, 0.717) is 18.0 Å². The monoisotopic (exact) mass is 322 g/mol. The summed E-state index contributed by atoms with van der Waals surface area (Å²) in [5.74, 6) is -0.150. The molecule has 1 saturated heterocycles. The zero-order valence-corrected chi connectivity index (χ0v) is 13.9. The third kappa shape index (κ3) is 3.47. The number of aryl methyl sites for hydroxylation is 2. The summed E-state index contributed by atoms with van der Waals surface area (Å²) in [6.07, 6.45) is 0.859. The van der Waals surface area contributed by atoms with Crippen molar-refractivity contribution in [2.24, 2.45) is 5.92 Å². The van der Waals surface area contributed by atoms with Crippen LogP contribution in [0.4, 0.5) is 0 Å². The summed E-state index contributed by atoms with van der Waals surface area (Å²) in [5.41, 5.74) is 1.06. The van der Waals surface area contributed by atoms with Crippen LogP contribution in [0.1, 0.15) is 27.0 Å². The molecule has 4 nitrogen and oxygen atoms in total. The van der Waals surface area contributed by atoms with Gasteiger partial charge in [-0.3, -0.25) is 9.59 Å². The van der Waals surface area contributed by atoms with Gasteiger partial charge in [0.05, 0.1) is 10.9 Å². The fourth-order valence-corrected chi connectivity index (χ4v) is 4.31. The summed E-state index contributed by atoms with van der Waals surface area (Å²) < 4.78 is 0. The summed E-state index contributed by atoms with van der Waals surface area (Å²) in [6, 6.07) is 3.70. The second-order valence-corrected chi connectivity index (χ2v) is 7.30. The lowest BCUT2D eigenvalue weighted by atomic mass is 10.0. The van der Waals surface area contributed by atoms with Crippen molar-refractivity contribution >= 4 is 34.8 Å². The highest BCUT2D eigenvalue weighted by atomic mass is 32.2. The van der Waals surface area contributed by atoms with Crippen LogP contribution < -0.4 is 0 Å². The minimum Gasteiger partial charge on any atom is -0.339 e. The number of nitrogens with zero attached hydrogens (tertiary/aromatic N) is 2. The Kier molecular flexibility index (Phi) is 5.43. The molecule has 21 heavy (non-hydrogen) atoms. The number of carbonyl (C=O) groups excluding carboxylic acids is 2. The van der Waals surface area contributed by atoms with Crippen LogP contribution >= 0.6 is 23.1 Å². The van der Waals surface area contributed by atoms with Gasteiger partial charge in [0, 0.05) is 29.5 Å². The smallest absolute Gasteiger partial charge is 0.248 e. The molecule has 1 atom stereocenters. The van der Waals surface area contributed by atoms with E-state index in [4.69, 9.17) is 0 Å². The average molecular weight is 322 g/mol. The third-order valence-electron chi connectivity index (χ3n) is 3.55. The first kappa shape index (κ1) is 16.1. The Bertz CT molecular complexity index is 583. The van der Waals surface area contributed by atoms with Gasteiger partial charge in [0.25, 0.3) is 0 Å². The van der Waals surface area contributed by atoms with Gasteiger partial charge in [0.2, 0.25) is 5.91 Å². The van der Waals surface area contributed by atoms with Crippen LogP contribution in [0.3, 0.4) is 0 Å². The van der Waals surface area contributed by atoms with E-state index in [9.17, 15) is 14.9 Å². The zero-order valence-electron chi connectivity index (χ0n) is 12.2. The Morgan fingerprint density at radius 2 is 2.10 bits per heavy atom. The molecule has 0 aromatic carbocycles. The van der Waals surface area contributed by atoms with Crippen molar-refractivity contribution in [3.05, 3.63) is 21.4 Å². The summed E-state index contributed by atoms with van der Waals surface area (Å²) in [7, 11) is 0. The fraction of sp³-hybridized carbons (Fsp3) is 0.533. The Morgan fingerprint density at radius 3 is 2.62 bits per heavy atom. The predicted octanol–water partition coefficient (Wildman–Crippen LogP) is 2.52. The van der Waals surface area contributed by atoms with Crippen LogP contribution in [-0.4, -0.2) is 41.2 Å². The molecule has 1 aromatic rings. The van der Waals surface area contributed by atoms with Crippen molar-refractivity contribution in [3.8, 4) is 6.07 Å². The minimum absolute atomic E-state index is 0.341. The number of hydrogen-bond acceptors (Lipinski definition) is 5. The summed E-state index contributed by atoms with van der Waals surface area (Å²) in [6.45, 7) is 5.24. The van der Waals surface area contributed by atoms with Gasteiger partial charge >= 0.3 is 0 Å². The van der Waals surface area contributed by atoms with Crippen LogP contribution in [-0.2, 0) is 11.2 Å². The third-order valence-corrected chi connectivity index (χ3v) is 5.88. The molecule has 0 saturated carbocycles. The fourth-order valence-electron chi connectivity index (χ4n) is 2.33. The SMILES string of the molecule is CCc1sc(C(=O)[C@H](C#N)C(=O)N2CCSCC2)cc1C. The predicted molar refractivity (Wildman–Crippen MR) is 85.8 cm³/mol. The molecule has 1 fully saturated rings. The number of ketones is 1. The molecule has 1 aromatic heterocycles. The standard InChI is InChI=1S/C15H18N2O2S2/c1-3-12-10(2)8-13(21-12)14(18)11(9-16)15(19)17-4-6-20-7-5-17/h8,11H,3-7H2,1-2H3/t11-/m0/s1. The first-order chi connectivity index (χ1) is 10.1. The minimum atomic E-state index is -1.20. The van der Waals surface area contributed by atoms with Crippen molar-refractivity contribution < 1.29 is 9.59 Å². The summed E-state index contributed by atoms with van der Waals surface area (Å²) in [5, 5.41) is 9.27. The van der Waals surface area contributed by atoms with E-state index < -0.39 is 5.92 Å². The quantitative estimate of drug-likeness (QED) is 0.631. The maximum absolute atomic E-state index is 12.5. The molecule has 1 aliphatic heterocycles. The molecule has 112 valence electrons. The lowest BCUT2D eigenvalue weighted by Crippen LogP contribution is -2.43. The zero-order chi connectivity index (χ0) is 15.4. The second kappa shape index (κ2) is 7.10. The highest BCUT2D eigenvalue weighted by molar-refractivity contribution is 7.99. The lowest BCUT2D eigenvalue weighted by molar-refractivity contribution is -0.132. The van der Waals surface area contributed by atoms with Crippen LogP contribution in [0.15, 0.2) is 6.07 Å². The molecular weight excluding hydrogens is 304 g/mol. The molecule has 1 amide bonds. The van der Waals surface area contributed by atoms with Gasteiger partial charge in [-0.25, -0.2) is 0 Å². The van der Waals surface area contributed by atoms with Crippen LogP contribution in [0, 0.1) is 24.2 Å². The number of amides is 1. The normalized spacial score (nSPS) is 16.3. The number of thioether (sulfide) groups is 1. The van der Waals surface area contributed by atoms with Gasteiger partial charge < -0.3 is 4.90 Å². The number of carbonyl (C=O) groups is 2. The van der Waals surface area contributed by atoms with Crippen molar-refractivity contribution in [1.82, 2.24) is 4.90 Å². The molecule has 0 N–H and O–H groups in total. The summed E-state index contributed by atoms with van der Waals surface area (Å²) >= 11 is 3.19. The van der Waals surface area contributed by atoms with Crippen LogP contribution in [0.2, 0.25) is 0 Å². The van der Waals surface area contributed by atoms with Crippen LogP contribution in [0.25, 0.3) is 0 Å². The highest BCUT2D eigenvalue weighted by Gasteiger charge is 2.33. The summed E-state index contributed by atoms with van der Waals surface area (Å²) in [4.78, 5) is 28.2. The van der Waals surface area contributed by atoms with E-state index in [1.807, 2.05) is 19.9 Å². The van der Waals surface area contributed by atoms with Gasteiger partial charge in [0.15, 0.2) is 11.7 Å². The van der Waals surface area contributed by atoms with Gasteiger partial charge in [0.1, 0.15) is 0 Å². The molecule has 0 aliphatic carbocycles. The van der Waals surface area contributed by atoms with Gasteiger partial charge in [-0.2, -0.15) is 17.0 Å².